The van der Waals surface area contributed by atoms with Crippen molar-refractivity contribution in [1.29, 1.82) is 0 Å². The number of amides is 1. The Balaban J connectivity index is 2.36. The standard InChI is InChI=1S/C54H105NO10/c1-3-5-7-9-11-13-15-17-19-21-23-24-26-27-29-31-33-35-37-39-41-46(57)49(59)45(44-64-54-52(62)51(61)50(60)48(43-56)65-54)55-53(63)47(58)42-40-38-36-34-32-30-28-25-22-20-18-16-14-12-10-8-6-4-2/h33,35,45-52,54,56-62H,3-32,34,36-44H2,1-2H3,(H,55,63)/b35-33+. The minimum Gasteiger partial charge on any atom is -0.394 e. The second-order valence-corrected chi connectivity index (χ2v) is 19.7. The molecule has 0 aromatic carbocycles. The molecule has 0 saturated carbocycles. The monoisotopic (exact) mass is 928 g/mol. The summed E-state index contributed by atoms with van der Waals surface area (Å²) in [6, 6.07) is -1.18. The van der Waals surface area contributed by atoms with Crippen molar-refractivity contribution in [3.8, 4) is 0 Å². The zero-order valence-electron chi connectivity index (χ0n) is 42.0. The van der Waals surface area contributed by atoms with Crippen LogP contribution in [0.5, 0.6) is 0 Å². The number of ether oxygens (including phenoxy) is 2. The van der Waals surface area contributed by atoms with Crippen LogP contribution in [0.3, 0.4) is 0 Å². The van der Waals surface area contributed by atoms with Gasteiger partial charge in [0.15, 0.2) is 6.29 Å². The van der Waals surface area contributed by atoms with Crippen molar-refractivity contribution in [3.05, 3.63) is 12.2 Å². The summed E-state index contributed by atoms with van der Waals surface area (Å²) >= 11 is 0. The lowest BCUT2D eigenvalue weighted by Crippen LogP contribution is -2.60. The lowest BCUT2D eigenvalue weighted by atomic mass is 9.98. The molecule has 1 rings (SSSR count). The largest absolute Gasteiger partial charge is 0.394 e. The predicted molar refractivity (Wildman–Crippen MR) is 266 cm³/mol. The van der Waals surface area contributed by atoms with E-state index < -0.39 is 74.2 Å². The molecule has 1 aliphatic heterocycles. The molecule has 0 aliphatic carbocycles. The summed E-state index contributed by atoms with van der Waals surface area (Å²) in [6.07, 6.45) is 38.3. The van der Waals surface area contributed by atoms with Gasteiger partial charge in [0.25, 0.3) is 0 Å². The van der Waals surface area contributed by atoms with Crippen LogP contribution in [0.1, 0.15) is 258 Å². The average molecular weight is 928 g/mol. The number of unbranched alkanes of at least 4 members (excludes halogenated alkanes) is 33. The summed E-state index contributed by atoms with van der Waals surface area (Å²) < 4.78 is 11.1. The van der Waals surface area contributed by atoms with E-state index in [1.807, 2.05) is 0 Å². The third kappa shape index (κ3) is 33.1. The van der Waals surface area contributed by atoms with E-state index in [-0.39, 0.29) is 12.8 Å². The third-order valence-electron chi connectivity index (χ3n) is 13.6. The zero-order valence-corrected chi connectivity index (χ0v) is 42.0. The molecule has 8 N–H and O–H groups in total. The van der Waals surface area contributed by atoms with E-state index in [1.165, 1.54) is 180 Å². The number of hydrogen-bond donors (Lipinski definition) is 8. The Bertz CT molecular complexity index is 1060. The molecule has 1 heterocycles. The second-order valence-electron chi connectivity index (χ2n) is 19.7. The number of aliphatic hydroxyl groups is 7. The van der Waals surface area contributed by atoms with Gasteiger partial charge in [-0.2, -0.15) is 0 Å². The fourth-order valence-electron chi connectivity index (χ4n) is 9.03. The Hall–Kier alpha value is -1.15. The van der Waals surface area contributed by atoms with Crippen LogP contribution in [0.4, 0.5) is 0 Å². The van der Waals surface area contributed by atoms with Crippen molar-refractivity contribution in [2.75, 3.05) is 13.2 Å². The fraction of sp³-hybridized carbons (Fsp3) is 0.944. The van der Waals surface area contributed by atoms with Crippen LogP contribution in [0.25, 0.3) is 0 Å². The molecule has 11 nitrogen and oxygen atoms in total. The lowest BCUT2D eigenvalue weighted by Gasteiger charge is -2.40. The van der Waals surface area contributed by atoms with E-state index in [9.17, 15) is 40.5 Å². The van der Waals surface area contributed by atoms with E-state index in [1.54, 1.807) is 0 Å². The van der Waals surface area contributed by atoms with Crippen LogP contribution < -0.4 is 5.32 Å². The van der Waals surface area contributed by atoms with Crippen molar-refractivity contribution in [3.63, 3.8) is 0 Å². The highest BCUT2D eigenvalue weighted by Crippen LogP contribution is 2.23. The molecule has 1 fully saturated rings. The molecule has 9 atom stereocenters. The molecule has 0 aromatic rings. The van der Waals surface area contributed by atoms with Gasteiger partial charge in [0.2, 0.25) is 5.91 Å². The zero-order chi connectivity index (χ0) is 47.6. The van der Waals surface area contributed by atoms with E-state index in [4.69, 9.17) is 9.47 Å². The predicted octanol–water partition coefficient (Wildman–Crippen LogP) is 10.8. The number of aliphatic hydroxyl groups excluding tert-OH is 7. The maximum atomic E-state index is 13.1. The van der Waals surface area contributed by atoms with Crippen LogP contribution in [-0.4, -0.2) is 110 Å². The Kier molecular flexibility index (Phi) is 42.0. The quantitative estimate of drug-likeness (QED) is 0.0215. The minimum atomic E-state index is -1.66. The molecule has 386 valence electrons. The van der Waals surface area contributed by atoms with Crippen LogP contribution in [-0.2, 0) is 14.3 Å². The molecule has 65 heavy (non-hydrogen) atoms. The maximum absolute atomic E-state index is 13.1. The third-order valence-corrected chi connectivity index (χ3v) is 13.6. The number of rotatable bonds is 47. The van der Waals surface area contributed by atoms with Gasteiger partial charge in [0.05, 0.1) is 25.4 Å². The Labute approximate surface area is 398 Å². The number of carbonyl (C=O) groups is 1. The molecule has 9 unspecified atom stereocenters. The molecular formula is C54H105NO10. The summed E-state index contributed by atoms with van der Waals surface area (Å²) in [5.41, 5.74) is 0. The van der Waals surface area contributed by atoms with Gasteiger partial charge < -0.3 is 50.5 Å². The van der Waals surface area contributed by atoms with Crippen molar-refractivity contribution >= 4 is 5.91 Å². The van der Waals surface area contributed by atoms with E-state index in [2.05, 4.69) is 31.3 Å². The van der Waals surface area contributed by atoms with Gasteiger partial charge in [-0.25, -0.2) is 0 Å². The maximum Gasteiger partial charge on any atom is 0.249 e. The van der Waals surface area contributed by atoms with Crippen LogP contribution in [0.15, 0.2) is 12.2 Å². The van der Waals surface area contributed by atoms with E-state index in [0.717, 1.165) is 38.5 Å². The van der Waals surface area contributed by atoms with Crippen molar-refractivity contribution in [2.24, 2.45) is 0 Å². The van der Waals surface area contributed by atoms with Crippen molar-refractivity contribution in [1.82, 2.24) is 5.32 Å². The number of carbonyl (C=O) groups excluding carboxylic acids is 1. The Morgan fingerprint density at radius 2 is 0.908 bits per heavy atom. The Morgan fingerprint density at radius 1 is 0.523 bits per heavy atom. The summed E-state index contributed by atoms with van der Waals surface area (Å²) in [5.74, 6) is -0.702. The van der Waals surface area contributed by atoms with Crippen molar-refractivity contribution < 1.29 is 50.0 Å². The van der Waals surface area contributed by atoms with Gasteiger partial charge in [0.1, 0.15) is 36.6 Å². The molecule has 1 amide bonds. The van der Waals surface area contributed by atoms with Gasteiger partial charge in [-0.15, -0.1) is 0 Å². The highest BCUT2D eigenvalue weighted by molar-refractivity contribution is 5.80. The highest BCUT2D eigenvalue weighted by Gasteiger charge is 2.44. The first-order chi connectivity index (χ1) is 31.7. The van der Waals surface area contributed by atoms with Gasteiger partial charge in [-0.05, 0) is 38.5 Å². The molecular weight excluding hydrogens is 823 g/mol. The number of hydrogen-bond acceptors (Lipinski definition) is 10. The molecule has 11 heteroatoms. The number of allylic oxidation sites excluding steroid dienone is 2. The van der Waals surface area contributed by atoms with Crippen LogP contribution in [0, 0.1) is 0 Å². The summed E-state index contributed by atoms with van der Waals surface area (Å²) in [4.78, 5) is 13.1. The van der Waals surface area contributed by atoms with Crippen LogP contribution in [0.2, 0.25) is 0 Å². The first-order valence-corrected chi connectivity index (χ1v) is 27.6. The average Bonchev–Trinajstić information content (AvgIpc) is 3.31. The van der Waals surface area contributed by atoms with Gasteiger partial charge in [0, 0.05) is 0 Å². The molecule has 0 radical (unpaired) electrons. The fourth-order valence-corrected chi connectivity index (χ4v) is 9.03. The molecule has 0 spiro atoms. The van der Waals surface area contributed by atoms with Crippen molar-refractivity contribution in [2.45, 2.75) is 313 Å². The lowest BCUT2D eigenvalue weighted by molar-refractivity contribution is -0.303. The normalized spacial score (nSPS) is 20.9. The topological polar surface area (TPSA) is 189 Å². The van der Waals surface area contributed by atoms with Crippen LogP contribution >= 0.6 is 0 Å². The molecule has 0 aromatic heterocycles. The van der Waals surface area contributed by atoms with Gasteiger partial charge in [-0.3, -0.25) is 4.79 Å². The second kappa shape index (κ2) is 44.1. The smallest absolute Gasteiger partial charge is 0.249 e. The summed E-state index contributed by atoms with van der Waals surface area (Å²) in [6.45, 7) is 3.47. The minimum absolute atomic E-state index is 0.259. The van der Waals surface area contributed by atoms with Gasteiger partial charge >= 0.3 is 0 Å². The van der Waals surface area contributed by atoms with E-state index in [0.29, 0.717) is 12.8 Å². The Morgan fingerprint density at radius 3 is 1.32 bits per heavy atom. The highest BCUT2D eigenvalue weighted by atomic mass is 16.7. The summed E-state index contributed by atoms with van der Waals surface area (Å²) in [5, 5.41) is 76.0. The molecule has 0 bridgehead atoms. The molecule has 1 saturated heterocycles. The number of nitrogens with one attached hydrogen (secondary N) is 1. The molecule has 1 aliphatic rings. The van der Waals surface area contributed by atoms with E-state index >= 15 is 0 Å². The van der Waals surface area contributed by atoms with Gasteiger partial charge in [-0.1, -0.05) is 231 Å². The first kappa shape index (κ1) is 61.9. The SMILES string of the molecule is CCCCCCCCCCCCCCCCC/C=C/CCCC(O)C(O)C(COC1OC(CO)C(O)C(O)C1O)NC(=O)C(O)CCCCCCCCCCCCCCCCCCCC. The first-order valence-electron chi connectivity index (χ1n) is 27.6. The summed E-state index contributed by atoms with van der Waals surface area (Å²) in [7, 11) is 0.